The van der Waals surface area contributed by atoms with Gasteiger partial charge in [-0.05, 0) is 72.6 Å². The molecule has 33 heavy (non-hydrogen) atoms. The first-order valence-corrected chi connectivity index (χ1v) is 13.1. The third kappa shape index (κ3) is 3.20. The topological polar surface area (TPSA) is 42.7 Å². The normalized spacial score (nSPS) is 17.8. The van der Waals surface area contributed by atoms with E-state index < -0.39 is 0 Å². The summed E-state index contributed by atoms with van der Waals surface area (Å²) in [6.45, 7) is 0. The van der Waals surface area contributed by atoms with Crippen molar-refractivity contribution in [2.75, 3.05) is 5.32 Å². The predicted octanol–water partition coefficient (Wildman–Crippen LogP) is 7.86. The van der Waals surface area contributed by atoms with Gasteiger partial charge in [-0.15, -0.1) is 11.3 Å². The zero-order chi connectivity index (χ0) is 21.8. The summed E-state index contributed by atoms with van der Waals surface area (Å²) in [5, 5.41) is 3.88. The Hall–Kier alpha value is -3.09. The summed E-state index contributed by atoms with van der Waals surface area (Å²) in [5.74, 6) is 1.05. The fourth-order valence-corrected chi connectivity index (χ4v) is 7.44. The number of hydrogen-bond acceptors (Lipinski definition) is 5. The number of allylic oxidation sites excluding steroid dienone is 1. The second-order valence-corrected chi connectivity index (χ2v) is 11.0. The summed E-state index contributed by atoms with van der Waals surface area (Å²) >= 11 is 3.67. The van der Waals surface area contributed by atoms with Crippen LogP contribution in [0.1, 0.15) is 31.8 Å². The van der Waals surface area contributed by atoms with Crippen LogP contribution in [0.5, 0.6) is 0 Å². The third-order valence-corrected chi connectivity index (χ3v) is 8.90. The maximum absolute atomic E-state index is 5.06. The molecule has 2 aliphatic rings. The van der Waals surface area contributed by atoms with Crippen LogP contribution in [-0.4, -0.2) is 14.5 Å². The number of anilines is 1. The molecule has 4 nitrogen and oxygen atoms in total. The average Bonchev–Trinajstić information content (AvgIpc) is 3.45. The van der Waals surface area contributed by atoms with Gasteiger partial charge < -0.3 is 5.32 Å². The van der Waals surface area contributed by atoms with E-state index in [4.69, 9.17) is 9.97 Å². The first-order valence-electron chi connectivity index (χ1n) is 11.4. The maximum Gasteiger partial charge on any atom is 0.155 e. The lowest BCUT2D eigenvalue weighted by Gasteiger charge is -2.34. The summed E-state index contributed by atoms with van der Waals surface area (Å²) in [6, 6.07) is 25.5. The summed E-state index contributed by atoms with van der Waals surface area (Å²) in [6.07, 6.45) is 4.73. The van der Waals surface area contributed by atoms with Crippen LogP contribution in [0, 0.1) is 0 Å². The van der Waals surface area contributed by atoms with Crippen molar-refractivity contribution in [2.24, 2.45) is 0 Å². The summed E-state index contributed by atoms with van der Waals surface area (Å²) in [7, 11) is 0. The number of aromatic nitrogens is 3. The van der Waals surface area contributed by atoms with Crippen molar-refractivity contribution in [3.8, 4) is 11.4 Å². The van der Waals surface area contributed by atoms with Gasteiger partial charge in [0.05, 0.1) is 21.3 Å². The SMILES string of the molecule is c1ccc2c(c1)N[C@@H](C1=C(Sc3nc4ccccc4s3)CCCC1)n1c-2nc2ccccc21. The molecule has 1 aliphatic carbocycles. The standard InChI is InChI=1S/C27H22N4S2/c1-3-11-19-17(9-1)25-29-20-12-4-6-14-22(20)31(25)26(28-19)18-10-2-7-15-23(18)32-27-30-21-13-5-8-16-24(21)33-27/h1,3-6,8-9,11-14,16,26,28H,2,7,10,15H2/t26-/m1/s1. The van der Waals surface area contributed by atoms with Crippen LogP contribution >= 0.6 is 23.1 Å². The van der Waals surface area contributed by atoms with E-state index in [0.29, 0.717) is 0 Å². The summed E-state index contributed by atoms with van der Waals surface area (Å²) in [4.78, 5) is 11.4. The van der Waals surface area contributed by atoms with E-state index >= 15 is 0 Å². The van der Waals surface area contributed by atoms with Crippen molar-refractivity contribution < 1.29 is 0 Å². The Morgan fingerprint density at radius 1 is 0.848 bits per heavy atom. The lowest BCUT2D eigenvalue weighted by Crippen LogP contribution is -2.27. The average molecular weight is 467 g/mol. The van der Waals surface area contributed by atoms with Crippen molar-refractivity contribution in [2.45, 2.75) is 36.2 Å². The van der Waals surface area contributed by atoms with E-state index in [0.717, 1.165) is 39.7 Å². The zero-order valence-corrected chi connectivity index (χ0v) is 19.6. The molecule has 2 aromatic heterocycles. The Morgan fingerprint density at radius 2 is 1.64 bits per heavy atom. The molecule has 0 spiro atoms. The van der Waals surface area contributed by atoms with Gasteiger partial charge in [-0.3, -0.25) is 4.57 Å². The number of fused-ring (bicyclic) bond motifs is 6. The van der Waals surface area contributed by atoms with Crippen molar-refractivity contribution in [1.82, 2.24) is 14.5 Å². The largest absolute Gasteiger partial charge is 0.361 e. The summed E-state index contributed by atoms with van der Waals surface area (Å²) in [5.41, 5.74) is 7.13. The van der Waals surface area contributed by atoms with E-state index in [1.807, 2.05) is 11.8 Å². The molecule has 6 heteroatoms. The minimum Gasteiger partial charge on any atom is -0.361 e. The number of nitrogens with zero attached hydrogens (tertiary/aromatic N) is 3. The molecule has 1 N–H and O–H groups in total. The van der Waals surface area contributed by atoms with Crippen LogP contribution in [0.2, 0.25) is 0 Å². The van der Waals surface area contributed by atoms with Crippen molar-refractivity contribution in [3.63, 3.8) is 0 Å². The van der Waals surface area contributed by atoms with Gasteiger partial charge in [-0.2, -0.15) is 0 Å². The molecule has 7 rings (SSSR count). The second-order valence-electron chi connectivity index (χ2n) is 8.59. The fraction of sp³-hybridized carbons (Fsp3) is 0.185. The van der Waals surface area contributed by atoms with Crippen molar-refractivity contribution in [3.05, 3.63) is 83.3 Å². The predicted molar refractivity (Wildman–Crippen MR) is 139 cm³/mol. The molecule has 1 aliphatic heterocycles. The van der Waals surface area contributed by atoms with Gasteiger partial charge >= 0.3 is 0 Å². The Balaban J connectivity index is 1.39. The Labute approximate surface area is 200 Å². The van der Waals surface area contributed by atoms with Crippen LogP contribution in [0.3, 0.4) is 0 Å². The highest BCUT2D eigenvalue weighted by Crippen LogP contribution is 2.47. The molecule has 0 unspecified atom stereocenters. The zero-order valence-electron chi connectivity index (χ0n) is 18.0. The number of rotatable bonds is 3. The first-order chi connectivity index (χ1) is 16.3. The van der Waals surface area contributed by atoms with Crippen molar-refractivity contribution >= 4 is 50.0 Å². The molecule has 0 bridgehead atoms. The number of benzene rings is 3. The van der Waals surface area contributed by atoms with Gasteiger partial charge in [0.15, 0.2) is 4.34 Å². The highest BCUT2D eigenvalue weighted by atomic mass is 32.2. The van der Waals surface area contributed by atoms with Gasteiger partial charge in [0.25, 0.3) is 0 Å². The number of nitrogens with one attached hydrogen (secondary N) is 1. The molecule has 3 heterocycles. The Morgan fingerprint density at radius 3 is 2.58 bits per heavy atom. The minimum absolute atomic E-state index is 0.0690. The highest BCUT2D eigenvalue weighted by Gasteiger charge is 2.32. The number of imidazole rings is 1. The lowest BCUT2D eigenvalue weighted by atomic mass is 9.95. The molecule has 0 amide bonds. The maximum atomic E-state index is 5.06. The molecule has 162 valence electrons. The Bertz CT molecular complexity index is 1510. The van der Waals surface area contributed by atoms with Gasteiger partial charge in [-0.25, -0.2) is 9.97 Å². The van der Waals surface area contributed by atoms with Crippen molar-refractivity contribution in [1.29, 1.82) is 0 Å². The molecule has 0 fully saturated rings. The van der Waals surface area contributed by atoms with E-state index in [1.54, 1.807) is 11.3 Å². The molecule has 3 aromatic carbocycles. The van der Waals surface area contributed by atoms with Gasteiger partial charge in [-0.1, -0.05) is 48.2 Å². The van der Waals surface area contributed by atoms with Gasteiger partial charge in [0.1, 0.15) is 12.0 Å². The molecular weight excluding hydrogens is 444 g/mol. The number of thiazole rings is 1. The molecule has 0 radical (unpaired) electrons. The van der Waals surface area contributed by atoms with Crippen LogP contribution in [0.15, 0.2) is 87.6 Å². The molecular formula is C27H22N4S2. The number of thioether (sulfide) groups is 1. The van der Waals surface area contributed by atoms with Crippen LogP contribution in [0.25, 0.3) is 32.6 Å². The fourth-order valence-electron chi connectivity index (χ4n) is 5.06. The smallest absolute Gasteiger partial charge is 0.155 e. The van der Waals surface area contributed by atoms with E-state index in [-0.39, 0.29) is 6.17 Å². The third-order valence-electron chi connectivity index (χ3n) is 6.59. The van der Waals surface area contributed by atoms with Crippen LogP contribution < -0.4 is 5.32 Å². The Kier molecular flexibility index (Phi) is 4.55. The van der Waals surface area contributed by atoms with Crippen LogP contribution in [0.4, 0.5) is 5.69 Å². The minimum atomic E-state index is 0.0690. The molecule has 1 atom stereocenters. The molecule has 0 saturated carbocycles. The lowest BCUT2D eigenvalue weighted by molar-refractivity contribution is 0.576. The monoisotopic (exact) mass is 466 g/mol. The first kappa shape index (κ1) is 19.4. The highest BCUT2D eigenvalue weighted by molar-refractivity contribution is 8.04. The van der Waals surface area contributed by atoms with Crippen LogP contribution in [-0.2, 0) is 0 Å². The number of hydrogen-bond donors (Lipinski definition) is 1. The quantitative estimate of drug-likeness (QED) is 0.294. The second kappa shape index (κ2) is 7.75. The van der Waals surface area contributed by atoms with Gasteiger partial charge in [0, 0.05) is 11.3 Å². The molecule has 0 saturated heterocycles. The molecule has 5 aromatic rings. The number of para-hydroxylation sites is 4. The van der Waals surface area contributed by atoms with E-state index in [1.165, 1.54) is 39.1 Å². The van der Waals surface area contributed by atoms with E-state index in [9.17, 15) is 0 Å². The van der Waals surface area contributed by atoms with E-state index in [2.05, 4.69) is 82.7 Å². The van der Waals surface area contributed by atoms with Gasteiger partial charge in [0.2, 0.25) is 0 Å². The summed E-state index contributed by atoms with van der Waals surface area (Å²) < 4.78 is 4.81.